The standard InChI is InChI=1S/C16H19NO/c1-12(14-6-4-3-5-7-14)17-13(2)15-8-10-16(18)11-9-15/h3-13,17-18H,1-2H3/t12-,13?/m1/s1. The summed E-state index contributed by atoms with van der Waals surface area (Å²) in [6, 6.07) is 18.3. The molecule has 0 aliphatic carbocycles. The summed E-state index contributed by atoms with van der Waals surface area (Å²) in [4.78, 5) is 0. The summed E-state index contributed by atoms with van der Waals surface area (Å²) < 4.78 is 0. The molecule has 1 unspecified atom stereocenters. The summed E-state index contributed by atoms with van der Waals surface area (Å²) >= 11 is 0. The van der Waals surface area contributed by atoms with Crippen LogP contribution < -0.4 is 5.32 Å². The molecular weight excluding hydrogens is 222 g/mol. The zero-order valence-corrected chi connectivity index (χ0v) is 10.8. The van der Waals surface area contributed by atoms with Crippen LogP contribution in [0.3, 0.4) is 0 Å². The maximum atomic E-state index is 9.28. The predicted octanol–water partition coefficient (Wildman–Crippen LogP) is 3.80. The van der Waals surface area contributed by atoms with Crippen LogP contribution >= 0.6 is 0 Å². The van der Waals surface area contributed by atoms with Crippen LogP contribution in [-0.4, -0.2) is 5.11 Å². The van der Waals surface area contributed by atoms with Crippen LogP contribution in [0.1, 0.15) is 37.1 Å². The van der Waals surface area contributed by atoms with Crippen LogP contribution in [0, 0.1) is 0 Å². The number of hydrogen-bond acceptors (Lipinski definition) is 2. The predicted molar refractivity (Wildman–Crippen MR) is 74.5 cm³/mol. The second-order valence-electron chi connectivity index (χ2n) is 4.61. The quantitative estimate of drug-likeness (QED) is 0.853. The Balaban J connectivity index is 2.03. The number of rotatable bonds is 4. The minimum absolute atomic E-state index is 0.251. The molecule has 2 atom stereocenters. The Bertz CT molecular complexity index is 478. The molecule has 0 fully saturated rings. The first kappa shape index (κ1) is 12.7. The Morgan fingerprint density at radius 1 is 0.778 bits per heavy atom. The van der Waals surface area contributed by atoms with Crippen molar-refractivity contribution in [1.82, 2.24) is 5.32 Å². The van der Waals surface area contributed by atoms with Crippen molar-refractivity contribution in [2.75, 3.05) is 0 Å². The summed E-state index contributed by atoms with van der Waals surface area (Å²) in [5, 5.41) is 12.8. The fraction of sp³-hybridized carbons (Fsp3) is 0.250. The molecule has 2 aromatic rings. The van der Waals surface area contributed by atoms with Crippen LogP contribution in [0.4, 0.5) is 0 Å². The molecule has 0 aliphatic rings. The van der Waals surface area contributed by atoms with Crippen molar-refractivity contribution in [3.05, 3.63) is 65.7 Å². The first-order valence-electron chi connectivity index (χ1n) is 6.27. The summed E-state index contributed by atoms with van der Waals surface area (Å²) in [7, 11) is 0. The number of aromatic hydroxyl groups is 1. The van der Waals surface area contributed by atoms with Crippen molar-refractivity contribution in [3.63, 3.8) is 0 Å². The lowest BCUT2D eigenvalue weighted by Gasteiger charge is -2.20. The van der Waals surface area contributed by atoms with Crippen molar-refractivity contribution in [1.29, 1.82) is 0 Å². The Kier molecular flexibility index (Phi) is 4.00. The first-order chi connectivity index (χ1) is 8.66. The van der Waals surface area contributed by atoms with Gasteiger partial charge in [0, 0.05) is 12.1 Å². The van der Waals surface area contributed by atoms with Crippen molar-refractivity contribution in [3.8, 4) is 5.75 Å². The van der Waals surface area contributed by atoms with Crippen LogP contribution in [0.15, 0.2) is 54.6 Å². The molecule has 2 heteroatoms. The summed E-state index contributed by atoms with van der Waals surface area (Å²) in [5.41, 5.74) is 2.46. The van der Waals surface area contributed by atoms with Gasteiger partial charge in [0.2, 0.25) is 0 Å². The molecule has 2 N–H and O–H groups in total. The van der Waals surface area contributed by atoms with E-state index in [2.05, 4.69) is 43.4 Å². The average Bonchev–Trinajstić information content (AvgIpc) is 2.40. The second-order valence-corrected chi connectivity index (χ2v) is 4.61. The topological polar surface area (TPSA) is 32.3 Å². The van der Waals surface area contributed by atoms with Crippen LogP contribution in [0.2, 0.25) is 0 Å². The van der Waals surface area contributed by atoms with E-state index in [0.29, 0.717) is 11.8 Å². The zero-order chi connectivity index (χ0) is 13.0. The van der Waals surface area contributed by atoms with E-state index in [0.717, 1.165) is 0 Å². The molecule has 0 spiro atoms. The Morgan fingerprint density at radius 2 is 1.28 bits per heavy atom. The highest BCUT2D eigenvalue weighted by Crippen LogP contribution is 2.20. The van der Waals surface area contributed by atoms with E-state index >= 15 is 0 Å². The molecule has 2 rings (SSSR count). The number of phenols is 1. The third kappa shape index (κ3) is 3.11. The molecule has 0 amide bonds. The SMILES string of the molecule is CC(N[C@H](C)c1ccccc1)c1ccc(O)cc1. The van der Waals surface area contributed by atoms with E-state index in [-0.39, 0.29) is 6.04 Å². The molecule has 0 bridgehead atoms. The highest BCUT2D eigenvalue weighted by Gasteiger charge is 2.10. The summed E-state index contributed by atoms with van der Waals surface area (Å²) in [6.07, 6.45) is 0. The second kappa shape index (κ2) is 5.69. The van der Waals surface area contributed by atoms with Gasteiger partial charge in [-0.25, -0.2) is 0 Å². The summed E-state index contributed by atoms with van der Waals surface area (Å²) in [5.74, 6) is 0.307. The van der Waals surface area contributed by atoms with Gasteiger partial charge in [-0.1, -0.05) is 42.5 Å². The van der Waals surface area contributed by atoms with Crippen molar-refractivity contribution in [2.24, 2.45) is 0 Å². The van der Waals surface area contributed by atoms with E-state index in [1.54, 1.807) is 12.1 Å². The van der Waals surface area contributed by atoms with Gasteiger partial charge in [0.15, 0.2) is 0 Å². The van der Waals surface area contributed by atoms with Gasteiger partial charge in [-0.2, -0.15) is 0 Å². The molecule has 2 aromatic carbocycles. The Morgan fingerprint density at radius 3 is 1.83 bits per heavy atom. The van der Waals surface area contributed by atoms with Crippen molar-refractivity contribution >= 4 is 0 Å². The number of phenolic OH excluding ortho intramolecular Hbond substituents is 1. The molecule has 2 nitrogen and oxygen atoms in total. The molecule has 0 radical (unpaired) electrons. The molecular formula is C16H19NO. The fourth-order valence-corrected chi connectivity index (χ4v) is 2.07. The normalized spacial score (nSPS) is 14.1. The monoisotopic (exact) mass is 241 g/mol. The first-order valence-corrected chi connectivity index (χ1v) is 6.27. The van der Waals surface area contributed by atoms with Crippen molar-refractivity contribution < 1.29 is 5.11 Å². The molecule has 94 valence electrons. The molecule has 18 heavy (non-hydrogen) atoms. The Hall–Kier alpha value is -1.80. The third-order valence-electron chi connectivity index (χ3n) is 3.19. The lowest BCUT2D eigenvalue weighted by molar-refractivity contribution is 0.472. The lowest BCUT2D eigenvalue weighted by atomic mass is 10.0. The highest BCUT2D eigenvalue weighted by atomic mass is 16.3. The minimum atomic E-state index is 0.251. The molecule has 0 heterocycles. The van der Waals surface area contributed by atoms with Gasteiger partial charge < -0.3 is 10.4 Å². The number of hydrogen-bond donors (Lipinski definition) is 2. The highest BCUT2D eigenvalue weighted by molar-refractivity contribution is 5.28. The van der Waals surface area contributed by atoms with Gasteiger partial charge in [-0.05, 0) is 37.1 Å². The lowest BCUT2D eigenvalue weighted by Crippen LogP contribution is -2.22. The van der Waals surface area contributed by atoms with Gasteiger partial charge in [-0.15, -0.1) is 0 Å². The average molecular weight is 241 g/mol. The third-order valence-corrected chi connectivity index (χ3v) is 3.19. The van der Waals surface area contributed by atoms with Gasteiger partial charge in [0.25, 0.3) is 0 Å². The van der Waals surface area contributed by atoms with E-state index in [1.807, 2.05) is 18.2 Å². The van der Waals surface area contributed by atoms with Crippen LogP contribution in [0.25, 0.3) is 0 Å². The van der Waals surface area contributed by atoms with E-state index < -0.39 is 0 Å². The van der Waals surface area contributed by atoms with Gasteiger partial charge in [-0.3, -0.25) is 0 Å². The van der Waals surface area contributed by atoms with Crippen LogP contribution in [-0.2, 0) is 0 Å². The van der Waals surface area contributed by atoms with Crippen LogP contribution in [0.5, 0.6) is 5.75 Å². The van der Waals surface area contributed by atoms with Gasteiger partial charge in [0.1, 0.15) is 5.75 Å². The molecule has 0 saturated heterocycles. The largest absolute Gasteiger partial charge is 0.508 e. The van der Waals surface area contributed by atoms with Gasteiger partial charge in [0.05, 0.1) is 0 Å². The number of benzene rings is 2. The van der Waals surface area contributed by atoms with Gasteiger partial charge >= 0.3 is 0 Å². The zero-order valence-electron chi connectivity index (χ0n) is 10.8. The Labute approximate surface area is 108 Å². The molecule has 0 saturated carbocycles. The van der Waals surface area contributed by atoms with E-state index in [4.69, 9.17) is 0 Å². The summed E-state index contributed by atoms with van der Waals surface area (Å²) in [6.45, 7) is 4.29. The number of nitrogens with one attached hydrogen (secondary N) is 1. The fourth-order valence-electron chi connectivity index (χ4n) is 2.07. The van der Waals surface area contributed by atoms with Crippen molar-refractivity contribution in [2.45, 2.75) is 25.9 Å². The van der Waals surface area contributed by atoms with E-state index in [9.17, 15) is 5.11 Å². The minimum Gasteiger partial charge on any atom is -0.508 e. The molecule has 0 aliphatic heterocycles. The maximum Gasteiger partial charge on any atom is 0.115 e. The van der Waals surface area contributed by atoms with E-state index in [1.165, 1.54) is 11.1 Å². The molecule has 0 aromatic heterocycles. The maximum absolute atomic E-state index is 9.28. The smallest absolute Gasteiger partial charge is 0.115 e.